The Hall–Kier alpha value is -6.43. The number of benzene rings is 3. The third-order valence-electron chi connectivity index (χ3n) is 5.97. The summed E-state index contributed by atoms with van der Waals surface area (Å²) in [5.41, 5.74) is 0.256. The van der Waals surface area contributed by atoms with Crippen molar-refractivity contribution >= 4 is 30.2 Å². The van der Waals surface area contributed by atoms with Gasteiger partial charge < -0.3 is 23.7 Å². The van der Waals surface area contributed by atoms with Gasteiger partial charge in [-0.05, 0) is 70.5 Å². The molecule has 0 heterocycles. The summed E-state index contributed by atoms with van der Waals surface area (Å²) in [6.45, 7) is 26.1. The first-order valence-electron chi connectivity index (χ1n) is 15.2. The summed E-state index contributed by atoms with van der Waals surface area (Å²) in [7, 11) is 1.25. The van der Waals surface area contributed by atoms with Gasteiger partial charge in [-0.3, -0.25) is 9.59 Å². The number of ether oxygens (including phenoxy) is 5. The average Bonchev–Trinajstić information content (AvgIpc) is 3.06. The van der Waals surface area contributed by atoms with Gasteiger partial charge in [0.15, 0.2) is 11.6 Å². The minimum absolute atomic E-state index is 0.00355. The molecule has 0 unspecified atom stereocenters. The van der Waals surface area contributed by atoms with Crippen LogP contribution in [-0.2, 0) is 24.0 Å². The molecule has 3 aromatic rings. The van der Waals surface area contributed by atoms with Gasteiger partial charge >= 0.3 is 23.9 Å². The molecule has 0 spiro atoms. The fourth-order valence-corrected chi connectivity index (χ4v) is 3.65. The van der Waals surface area contributed by atoms with Crippen LogP contribution in [0.15, 0.2) is 104 Å². The van der Waals surface area contributed by atoms with Crippen molar-refractivity contribution in [2.45, 2.75) is 41.5 Å². The zero-order valence-electron chi connectivity index (χ0n) is 30.1. The molecule has 10 nitrogen and oxygen atoms in total. The lowest BCUT2D eigenvalue weighted by Gasteiger charge is -2.18. The lowest BCUT2D eigenvalue weighted by atomic mass is 9.96. The van der Waals surface area contributed by atoms with Gasteiger partial charge in [0.05, 0.1) is 7.11 Å². The molecule has 0 aliphatic heterocycles. The minimum Gasteiger partial charge on any atom is -0.496 e. The highest BCUT2D eigenvalue weighted by Crippen LogP contribution is 2.44. The van der Waals surface area contributed by atoms with Crippen molar-refractivity contribution in [3.63, 3.8) is 0 Å². The molecular weight excluding hydrogens is 678 g/mol. The van der Waals surface area contributed by atoms with Crippen LogP contribution in [0, 0.1) is 11.6 Å². The molecule has 3 aromatic carbocycles. The molecule has 0 aromatic heterocycles. The van der Waals surface area contributed by atoms with Crippen LogP contribution >= 0.6 is 0 Å². The smallest absolute Gasteiger partial charge is 0.338 e. The summed E-state index contributed by atoms with van der Waals surface area (Å²) in [6.07, 6.45) is 2.47. The topological polar surface area (TPSA) is 132 Å². The number of esters is 4. The molecule has 52 heavy (non-hydrogen) atoms. The monoisotopic (exact) mass is 718 g/mol. The fourth-order valence-electron chi connectivity index (χ4n) is 3.65. The van der Waals surface area contributed by atoms with E-state index in [0.717, 1.165) is 30.6 Å². The lowest BCUT2D eigenvalue weighted by molar-refractivity contribution is -0.132. The summed E-state index contributed by atoms with van der Waals surface area (Å²) in [6, 6.07) is 7.95. The number of carbonyl (C=O) groups excluding carboxylic acids is 5. The maximum Gasteiger partial charge on any atom is 0.338 e. The predicted molar refractivity (Wildman–Crippen MR) is 193 cm³/mol. The molecule has 3 rings (SSSR count). The Morgan fingerprint density at radius 1 is 0.596 bits per heavy atom. The first kappa shape index (κ1) is 43.6. The van der Waals surface area contributed by atoms with Gasteiger partial charge in [0.2, 0.25) is 0 Å². The van der Waals surface area contributed by atoms with Gasteiger partial charge in [-0.1, -0.05) is 32.4 Å². The second kappa shape index (κ2) is 20.3. The van der Waals surface area contributed by atoms with Crippen molar-refractivity contribution in [1.29, 1.82) is 0 Å². The molecule has 0 fully saturated rings. The molecular formula is C40H40F2O10. The number of halogens is 2. The van der Waals surface area contributed by atoms with E-state index in [-0.39, 0.29) is 62.0 Å². The Morgan fingerprint density at radius 3 is 1.44 bits per heavy atom. The zero-order chi connectivity index (χ0) is 39.9. The van der Waals surface area contributed by atoms with Gasteiger partial charge in [-0.15, -0.1) is 6.58 Å². The van der Waals surface area contributed by atoms with E-state index in [2.05, 4.69) is 32.9 Å². The van der Waals surface area contributed by atoms with E-state index in [1.54, 1.807) is 13.0 Å². The van der Waals surface area contributed by atoms with E-state index in [1.807, 2.05) is 6.92 Å². The molecule has 0 aliphatic carbocycles. The van der Waals surface area contributed by atoms with Crippen LogP contribution in [0.5, 0.6) is 28.7 Å². The van der Waals surface area contributed by atoms with Crippen LogP contribution in [0.2, 0.25) is 0 Å². The molecule has 0 aliphatic rings. The summed E-state index contributed by atoms with van der Waals surface area (Å²) >= 11 is 0. The number of allylic oxidation sites excluding steroid dienone is 2. The van der Waals surface area contributed by atoms with E-state index in [4.69, 9.17) is 23.7 Å². The van der Waals surface area contributed by atoms with Crippen LogP contribution in [-0.4, -0.2) is 37.3 Å². The third-order valence-corrected chi connectivity index (χ3v) is 5.97. The fraction of sp³-hybridized carbons (Fsp3) is 0.175. The van der Waals surface area contributed by atoms with E-state index in [0.29, 0.717) is 5.57 Å². The van der Waals surface area contributed by atoms with Gasteiger partial charge in [0, 0.05) is 58.0 Å². The maximum absolute atomic E-state index is 15.9. The number of methoxy groups -OCH3 is 1. The first-order valence-corrected chi connectivity index (χ1v) is 15.2. The van der Waals surface area contributed by atoms with Crippen LogP contribution in [0.1, 0.15) is 41.5 Å². The Bertz CT molecular complexity index is 1940. The molecule has 0 amide bonds. The van der Waals surface area contributed by atoms with Crippen LogP contribution < -0.4 is 23.7 Å². The number of hydrogen-bond acceptors (Lipinski definition) is 10. The van der Waals surface area contributed by atoms with Crippen molar-refractivity contribution in [1.82, 2.24) is 0 Å². The molecule has 0 saturated carbocycles. The predicted octanol–water partition coefficient (Wildman–Crippen LogP) is 8.63. The second-order valence-electron chi connectivity index (χ2n) is 10.9. The van der Waals surface area contributed by atoms with Crippen molar-refractivity contribution in [2.24, 2.45) is 0 Å². The quantitative estimate of drug-likeness (QED) is 0.0624. The summed E-state index contributed by atoms with van der Waals surface area (Å²) in [4.78, 5) is 57.9. The molecule has 0 N–H and O–H groups in total. The number of carbonyl (C=O) groups is 5. The van der Waals surface area contributed by atoms with Gasteiger partial charge in [0.1, 0.15) is 35.1 Å². The highest BCUT2D eigenvalue weighted by molar-refractivity contribution is 5.93. The first-order chi connectivity index (χ1) is 24.3. The van der Waals surface area contributed by atoms with Crippen LogP contribution in [0.4, 0.5) is 8.78 Å². The minimum atomic E-state index is -1.01. The highest BCUT2D eigenvalue weighted by atomic mass is 19.1. The van der Waals surface area contributed by atoms with Crippen molar-refractivity contribution in [3.05, 3.63) is 115 Å². The van der Waals surface area contributed by atoms with E-state index < -0.39 is 41.3 Å². The summed E-state index contributed by atoms with van der Waals surface area (Å²) < 4.78 is 57.4. The highest BCUT2D eigenvalue weighted by Gasteiger charge is 2.24. The van der Waals surface area contributed by atoms with Crippen molar-refractivity contribution < 1.29 is 56.4 Å². The van der Waals surface area contributed by atoms with E-state index >= 15 is 8.78 Å². The molecule has 12 heteroatoms. The maximum atomic E-state index is 15.9. The standard InChI is InChI=1S/C33H28F2O9.C4H6O.C3H6/c1-16(2)31(37)42-28-11-20(41-19(7)36)9-10-21(28)22-14-29(43-32(38)17(3)4)24(12-25(22)34)23-13-26(35)30(15-27(23)40-8)44-33(39)18(5)6;1-4(2)3-5;1-3-2/h9-15H,1,3,5H2,2,4,6-8H3;3H,1H2,2H3;3H,1H2,2H3. The number of hydrogen-bond donors (Lipinski definition) is 0. The SMILES string of the molecule is C=C(C)C(=O)Oc1cc(OC)c(-c2cc(F)c(-c3ccc(OC(C)=O)cc3OC(=O)C(=C)C)cc2OC(=O)C(=C)C)cc1F.C=C(C)C=O.C=CC. The molecule has 0 atom stereocenters. The summed E-state index contributed by atoms with van der Waals surface area (Å²) in [5, 5.41) is 0. The summed E-state index contributed by atoms with van der Waals surface area (Å²) in [5.74, 6) is -6.16. The largest absolute Gasteiger partial charge is 0.496 e. The van der Waals surface area contributed by atoms with Crippen LogP contribution in [0.25, 0.3) is 22.3 Å². The third kappa shape index (κ3) is 12.8. The molecule has 0 bridgehead atoms. The van der Waals surface area contributed by atoms with Crippen molar-refractivity contribution in [2.75, 3.05) is 7.11 Å². The van der Waals surface area contributed by atoms with Gasteiger partial charge in [-0.2, -0.15) is 0 Å². The van der Waals surface area contributed by atoms with E-state index in [9.17, 15) is 24.0 Å². The normalized spacial score (nSPS) is 9.63. The van der Waals surface area contributed by atoms with Gasteiger partial charge in [0.25, 0.3) is 0 Å². The Kier molecular flexibility index (Phi) is 17.0. The second-order valence-corrected chi connectivity index (χ2v) is 10.9. The van der Waals surface area contributed by atoms with Crippen molar-refractivity contribution in [3.8, 4) is 51.0 Å². The number of aldehydes is 1. The lowest BCUT2D eigenvalue weighted by Crippen LogP contribution is -2.11. The Balaban J connectivity index is 0.00000153. The van der Waals surface area contributed by atoms with E-state index in [1.165, 1.54) is 53.0 Å². The molecule has 0 saturated heterocycles. The number of rotatable bonds is 11. The average molecular weight is 719 g/mol. The molecule has 0 radical (unpaired) electrons. The Morgan fingerprint density at radius 2 is 1.02 bits per heavy atom. The van der Waals surface area contributed by atoms with Crippen LogP contribution in [0.3, 0.4) is 0 Å². The zero-order valence-corrected chi connectivity index (χ0v) is 30.1. The Labute approximate surface area is 301 Å². The van der Waals surface area contributed by atoms with Gasteiger partial charge in [-0.25, -0.2) is 23.2 Å². The molecule has 274 valence electrons.